The lowest BCUT2D eigenvalue weighted by molar-refractivity contribution is -0.162. The minimum Gasteiger partial charge on any atom is -0.452 e. The van der Waals surface area contributed by atoms with Crippen molar-refractivity contribution >= 4 is 41.0 Å². The highest BCUT2D eigenvalue weighted by atomic mass is 16.5. The van der Waals surface area contributed by atoms with Gasteiger partial charge in [-0.15, -0.1) is 0 Å². The van der Waals surface area contributed by atoms with Gasteiger partial charge in [-0.05, 0) is 56.0 Å². The van der Waals surface area contributed by atoms with E-state index >= 15 is 0 Å². The maximum Gasteiger partial charge on any atom is 0.354 e. The molecule has 0 radical (unpaired) electrons. The highest BCUT2D eigenvalue weighted by Gasteiger charge is 2.64. The quantitative estimate of drug-likeness (QED) is 0.563. The van der Waals surface area contributed by atoms with Gasteiger partial charge in [0.05, 0.1) is 17.8 Å². The maximum atomic E-state index is 13.6. The van der Waals surface area contributed by atoms with Gasteiger partial charge in [0.25, 0.3) is 11.8 Å². The first-order valence-electron chi connectivity index (χ1n) is 12.7. The Morgan fingerprint density at radius 1 is 1.11 bits per heavy atom. The van der Waals surface area contributed by atoms with Gasteiger partial charge in [-0.25, -0.2) is 4.79 Å². The van der Waals surface area contributed by atoms with E-state index in [0.717, 1.165) is 24.0 Å². The molecule has 198 valence electrons. The molecular weight excluding hydrogens is 488 g/mol. The number of fused-ring (bicyclic) bond motifs is 3. The van der Waals surface area contributed by atoms with E-state index in [0.29, 0.717) is 16.9 Å². The summed E-state index contributed by atoms with van der Waals surface area (Å²) in [6.45, 7) is 2.93. The van der Waals surface area contributed by atoms with Crippen molar-refractivity contribution in [2.24, 2.45) is 0 Å². The van der Waals surface area contributed by atoms with E-state index in [4.69, 9.17) is 4.74 Å². The first kappa shape index (κ1) is 25.4. The lowest BCUT2D eigenvalue weighted by Gasteiger charge is -2.48. The molecular formula is C28H30N4O6. The Morgan fingerprint density at radius 2 is 1.84 bits per heavy atom. The summed E-state index contributed by atoms with van der Waals surface area (Å²) < 4.78 is 5.47. The van der Waals surface area contributed by atoms with Crippen LogP contribution >= 0.6 is 0 Å². The first-order chi connectivity index (χ1) is 18.1. The molecule has 3 aliphatic rings. The van der Waals surface area contributed by atoms with E-state index in [-0.39, 0.29) is 43.1 Å². The van der Waals surface area contributed by atoms with Gasteiger partial charge in [0.15, 0.2) is 6.61 Å². The Bertz CT molecular complexity index is 1350. The number of nitrogens with one attached hydrogen (secondary N) is 1. The van der Waals surface area contributed by atoms with Crippen LogP contribution in [-0.4, -0.2) is 71.3 Å². The number of nitrogens with zero attached hydrogens (tertiary/aromatic N) is 3. The lowest BCUT2D eigenvalue weighted by atomic mass is 9.96. The number of hydrogen-bond donors (Lipinski definition) is 1. The van der Waals surface area contributed by atoms with Crippen LogP contribution < -0.4 is 10.2 Å². The molecule has 5 rings (SSSR count). The molecule has 10 nitrogen and oxygen atoms in total. The van der Waals surface area contributed by atoms with Crippen molar-refractivity contribution in [1.29, 1.82) is 0 Å². The van der Waals surface area contributed by atoms with Gasteiger partial charge in [-0.1, -0.05) is 24.3 Å². The Kier molecular flexibility index (Phi) is 6.42. The highest BCUT2D eigenvalue weighted by molar-refractivity contribution is 6.15. The van der Waals surface area contributed by atoms with Gasteiger partial charge in [-0.2, -0.15) is 0 Å². The van der Waals surface area contributed by atoms with E-state index in [1.54, 1.807) is 24.3 Å². The van der Waals surface area contributed by atoms with Gasteiger partial charge < -0.3 is 19.9 Å². The minimum absolute atomic E-state index is 0.0757. The monoisotopic (exact) mass is 518 g/mol. The van der Waals surface area contributed by atoms with Crippen molar-refractivity contribution in [3.05, 3.63) is 59.2 Å². The van der Waals surface area contributed by atoms with Gasteiger partial charge in [0.1, 0.15) is 0 Å². The number of carbonyl (C=O) groups is 5. The largest absolute Gasteiger partial charge is 0.452 e. The Morgan fingerprint density at radius 3 is 2.58 bits per heavy atom. The van der Waals surface area contributed by atoms with Crippen molar-refractivity contribution in [2.75, 3.05) is 30.4 Å². The fraction of sp³-hybridized carbons (Fsp3) is 0.393. The average molecular weight is 519 g/mol. The van der Waals surface area contributed by atoms with Crippen LogP contribution in [0.2, 0.25) is 0 Å². The maximum absolute atomic E-state index is 13.6. The van der Waals surface area contributed by atoms with E-state index in [1.165, 1.54) is 21.7 Å². The molecule has 2 aromatic rings. The first-order valence-corrected chi connectivity index (χ1v) is 12.7. The highest BCUT2D eigenvalue weighted by Crippen LogP contribution is 2.49. The molecule has 10 heteroatoms. The molecule has 4 amide bonds. The summed E-state index contributed by atoms with van der Waals surface area (Å²) >= 11 is 0. The second kappa shape index (κ2) is 9.59. The number of likely N-dealkylation sites (N-methyl/N-ethyl adjacent to an activating group) is 1. The number of aryl methyl sites for hydroxylation is 2. The van der Waals surface area contributed by atoms with Crippen LogP contribution in [-0.2, 0) is 23.9 Å². The number of esters is 1. The number of amides is 4. The third kappa shape index (κ3) is 4.29. The smallest absolute Gasteiger partial charge is 0.354 e. The predicted octanol–water partition coefficient (Wildman–Crippen LogP) is 2.39. The molecule has 1 atom stereocenters. The number of rotatable bonds is 7. The zero-order chi connectivity index (χ0) is 27.2. The molecule has 38 heavy (non-hydrogen) atoms. The molecule has 1 saturated carbocycles. The van der Waals surface area contributed by atoms with Gasteiger partial charge >= 0.3 is 5.97 Å². The number of anilines is 2. The fourth-order valence-corrected chi connectivity index (χ4v) is 5.23. The summed E-state index contributed by atoms with van der Waals surface area (Å²) in [4.78, 5) is 69.5. The Hall–Kier alpha value is -4.21. The van der Waals surface area contributed by atoms with Crippen LogP contribution in [0.15, 0.2) is 42.5 Å². The van der Waals surface area contributed by atoms with Crippen LogP contribution in [0.1, 0.15) is 47.2 Å². The van der Waals surface area contributed by atoms with Crippen LogP contribution in [0.4, 0.5) is 11.4 Å². The van der Waals surface area contributed by atoms with Crippen LogP contribution in [0.3, 0.4) is 0 Å². The average Bonchev–Trinajstić information content (AvgIpc) is 3.66. The topological polar surface area (TPSA) is 116 Å². The van der Waals surface area contributed by atoms with Crippen molar-refractivity contribution in [3.8, 4) is 0 Å². The number of benzene rings is 2. The third-order valence-electron chi connectivity index (χ3n) is 7.34. The molecule has 1 aliphatic carbocycles. The zero-order valence-corrected chi connectivity index (χ0v) is 21.7. The molecule has 1 saturated heterocycles. The van der Waals surface area contributed by atoms with E-state index in [9.17, 15) is 24.0 Å². The summed E-state index contributed by atoms with van der Waals surface area (Å²) in [6, 6.07) is 12.2. The molecule has 0 spiro atoms. The molecule has 0 bridgehead atoms. The number of ether oxygens (including phenoxy) is 1. The summed E-state index contributed by atoms with van der Waals surface area (Å²) in [5, 5.41) is 2.80. The van der Waals surface area contributed by atoms with E-state index < -0.39 is 24.1 Å². The van der Waals surface area contributed by atoms with Crippen molar-refractivity contribution in [1.82, 2.24) is 9.80 Å². The number of carbonyl (C=O) groups excluding carboxylic acids is 5. The van der Waals surface area contributed by atoms with Gasteiger partial charge in [0, 0.05) is 31.6 Å². The van der Waals surface area contributed by atoms with Gasteiger partial charge in [-0.3, -0.25) is 24.1 Å². The standard InChI is InChI=1S/C28H30N4O6/c1-17-8-9-18(2)21(14-17)29-23(33)15-30(3)25(35)16-38-27(37)28-13-12-24(34)32(28)22-7-5-4-6-20(22)26(36)31(28)19-10-11-19/h4-9,14,19H,10-13,15-16H2,1-3H3,(H,29,33)/t28-/m1/s1. The summed E-state index contributed by atoms with van der Waals surface area (Å²) in [5.41, 5.74) is 1.66. The molecule has 2 aliphatic heterocycles. The molecule has 2 fully saturated rings. The van der Waals surface area contributed by atoms with E-state index in [1.807, 2.05) is 32.0 Å². The predicted molar refractivity (Wildman–Crippen MR) is 138 cm³/mol. The van der Waals surface area contributed by atoms with Crippen LogP contribution in [0, 0.1) is 13.8 Å². The third-order valence-corrected chi connectivity index (χ3v) is 7.34. The number of para-hydroxylation sites is 1. The van der Waals surface area contributed by atoms with Crippen molar-refractivity contribution in [2.45, 2.75) is 51.2 Å². The normalized spacial score (nSPS) is 20.1. The Labute approximate surface area is 220 Å². The minimum atomic E-state index is -1.62. The Balaban J connectivity index is 1.29. The fourth-order valence-electron chi connectivity index (χ4n) is 5.23. The molecule has 0 aromatic heterocycles. The second-order valence-electron chi connectivity index (χ2n) is 10.2. The summed E-state index contributed by atoms with van der Waals surface area (Å²) in [6.07, 6.45) is 1.61. The molecule has 0 unspecified atom stereocenters. The van der Waals surface area contributed by atoms with Crippen LogP contribution in [0.25, 0.3) is 0 Å². The zero-order valence-electron chi connectivity index (χ0n) is 21.7. The molecule has 2 heterocycles. The van der Waals surface area contributed by atoms with Crippen molar-refractivity contribution in [3.63, 3.8) is 0 Å². The lowest BCUT2D eigenvalue weighted by Crippen LogP contribution is -2.69. The number of hydrogen-bond acceptors (Lipinski definition) is 6. The SMILES string of the molecule is Cc1ccc(C)c(NC(=O)CN(C)C(=O)COC(=O)[C@@]23CCC(=O)N2c2ccccc2C(=O)N3C2CC2)c1. The summed E-state index contributed by atoms with van der Waals surface area (Å²) in [5.74, 6) is -2.39. The molecule has 2 aromatic carbocycles. The molecule has 1 N–H and O–H groups in total. The van der Waals surface area contributed by atoms with Gasteiger partial charge in [0.2, 0.25) is 17.5 Å². The van der Waals surface area contributed by atoms with Crippen molar-refractivity contribution < 1.29 is 28.7 Å². The second-order valence-corrected chi connectivity index (χ2v) is 10.2. The summed E-state index contributed by atoms with van der Waals surface area (Å²) in [7, 11) is 1.44. The van der Waals surface area contributed by atoms with E-state index in [2.05, 4.69) is 5.32 Å². The van der Waals surface area contributed by atoms with Crippen LogP contribution in [0.5, 0.6) is 0 Å².